The Kier molecular flexibility index (Phi) is 4.75. The molecule has 0 aromatic carbocycles. The van der Waals surface area contributed by atoms with Gasteiger partial charge in [0, 0.05) is 6.54 Å². The van der Waals surface area contributed by atoms with Crippen molar-refractivity contribution in [1.82, 2.24) is 15.0 Å². The molecule has 0 radical (unpaired) electrons. The van der Waals surface area contributed by atoms with Crippen molar-refractivity contribution >= 4 is 5.95 Å². The van der Waals surface area contributed by atoms with Crippen molar-refractivity contribution in [2.75, 3.05) is 18.5 Å². The first kappa shape index (κ1) is 12.5. The van der Waals surface area contributed by atoms with Crippen LogP contribution in [0.5, 0.6) is 12.0 Å². The monoisotopic (exact) mass is 226 g/mol. The second-order valence-corrected chi connectivity index (χ2v) is 3.35. The molecular formula is C10H18N4O2. The van der Waals surface area contributed by atoms with E-state index in [1.54, 1.807) is 0 Å². The molecule has 1 rings (SSSR count). The summed E-state index contributed by atoms with van der Waals surface area (Å²) in [6, 6.07) is 0.563. The van der Waals surface area contributed by atoms with Crippen molar-refractivity contribution in [3.63, 3.8) is 0 Å². The molecule has 16 heavy (non-hydrogen) atoms. The third-order valence-electron chi connectivity index (χ3n) is 1.54. The molecule has 6 nitrogen and oxygen atoms in total. The highest BCUT2D eigenvalue weighted by atomic mass is 16.5. The van der Waals surface area contributed by atoms with Gasteiger partial charge in [-0.3, -0.25) is 0 Å². The summed E-state index contributed by atoms with van der Waals surface area (Å²) < 4.78 is 10.6. The van der Waals surface area contributed by atoms with Crippen LogP contribution < -0.4 is 14.8 Å². The minimum absolute atomic E-state index is 0.0198. The summed E-state index contributed by atoms with van der Waals surface area (Å²) in [5.74, 6) is 0.469. The molecule has 0 saturated carbocycles. The summed E-state index contributed by atoms with van der Waals surface area (Å²) in [7, 11) is 0. The summed E-state index contributed by atoms with van der Waals surface area (Å²) in [4.78, 5) is 12.2. The van der Waals surface area contributed by atoms with Gasteiger partial charge >= 0.3 is 12.0 Å². The van der Waals surface area contributed by atoms with E-state index in [1.807, 2.05) is 27.7 Å². The standard InChI is InChI=1S/C10H18N4O2/c1-5-11-8-12-9(15-6-2)14-10(13-8)16-7(3)4/h7H,5-6H2,1-4H3,(H,11,12,13,14). The van der Waals surface area contributed by atoms with Gasteiger partial charge in [-0.25, -0.2) is 0 Å². The van der Waals surface area contributed by atoms with E-state index in [-0.39, 0.29) is 18.1 Å². The number of nitrogens with zero attached hydrogens (tertiary/aromatic N) is 3. The van der Waals surface area contributed by atoms with Gasteiger partial charge in [0.1, 0.15) is 0 Å². The molecule has 0 unspecified atom stereocenters. The first-order chi connectivity index (χ1) is 7.65. The van der Waals surface area contributed by atoms with Crippen LogP contribution in [0.1, 0.15) is 27.7 Å². The maximum absolute atomic E-state index is 5.41. The fourth-order valence-electron chi connectivity index (χ4n) is 1.03. The fourth-order valence-corrected chi connectivity index (χ4v) is 1.03. The third kappa shape index (κ3) is 3.88. The molecule has 0 saturated heterocycles. The van der Waals surface area contributed by atoms with Gasteiger partial charge in [0.05, 0.1) is 12.7 Å². The second kappa shape index (κ2) is 6.09. The lowest BCUT2D eigenvalue weighted by atomic mass is 10.5. The number of hydrogen-bond donors (Lipinski definition) is 1. The minimum Gasteiger partial charge on any atom is -0.464 e. The molecule has 6 heteroatoms. The van der Waals surface area contributed by atoms with Gasteiger partial charge in [0.25, 0.3) is 0 Å². The molecule has 0 bridgehead atoms. The van der Waals surface area contributed by atoms with E-state index in [0.29, 0.717) is 12.6 Å². The van der Waals surface area contributed by atoms with Crippen LogP contribution in [0.4, 0.5) is 5.95 Å². The maximum atomic E-state index is 5.41. The summed E-state index contributed by atoms with van der Waals surface area (Å²) in [6.45, 7) is 8.91. The Morgan fingerprint density at radius 3 is 2.38 bits per heavy atom. The summed E-state index contributed by atoms with van der Waals surface area (Å²) in [6.07, 6.45) is 0.0198. The van der Waals surface area contributed by atoms with Gasteiger partial charge in [-0.1, -0.05) is 0 Å². The molecule has 90 valence electrons. The van der Waals surface area contributed by atoms with Gasteiger partial charge in [-0.05, 0) is 27.7 Å². The lowest BCUT2D eigenvalue weighted by molar-refractivity contribution is 0.214. The van der Waals surface area contributed by atoms with Gasteiger partial charge in [-0.15, -0.1) is 4.98 Å². The number of ether oxygens (including phenoxy) is 2. The van der Waals surface area contributed by atoms with E-state index < -0.39 is 0 Å². The number of nitrogens with one attached hydrogen (secondary N) is 1. The topological polar surface area (TPSA) is 69.2 Å². The zero-order chi connectivity index (χ0) is 12.0. The maximum Gasteiger partial charge on any atom is 0.324 e. The highest BCUT2D eigenvalue weighted by Gasteiger charge is 2.08. The number of anilines is 1. The molecule has 0 spiro atoms. The van der Waals surface area contributed by atoms with Crippen LogP contribution in [-0.2, 0) is 0 Å². The molecule has 0 fully saturated rings. The molecule has 1 heterocycles. The first-order valence-corrected chi connectivity index (χ1v) is 5.45. The predicted octanol–water partition coefficient (Wildman–Crippen LogP) is 1.49. The van der Waals surface area contributed by atoms with Gasteiger partial charge in [-0.2, -0.15) is 9.97 Å². The van der Waals surface area contributed by atoms with Gasteiger partial charge in [0.2, 0.25) is 5.95 Å². The van der Waals surface area contributed by atoms with Crippen LogP contribution in [0.3, 0.4) is 0 Å². The number of aromatic nitrogens is 3. The van der Waals surface area contributed by atoms with Crippen molar-refractivity contribution in [3.05, 3.63) is 0 Å². The Labute approximate surface area is 95.4 Å². The van der Waals surface area contributed by atoms with E-state index in [9.17, 15) is 0 Å². The van der Waals surface area contributed by atoms with Crippen molar-refractivity contribution < 1.29 is 9.47 Å². The normalized spacial score (nSPS) is 10.3. The fraction of sp³-hybridized carbons (Fsp3) is 0.700. The molecular weight excluding hydrogens is 208 g/mol. The number of hydrogen-bond acceptors (Lipinski definition) is 6. The third-order valence-corrected chi connectivity index (χ3v) is 1.54. The van der Waals surface area contributed by atoms with Crippen molar-refractivity contribution in [2.45, 2.75) is 33.8 Å². The molecule has 0 amide bonds. The lowest BCUT2D eigenvalue weighted by Gasteiger charge is -2.10. The van der Waals surface area contributed by atoms with Crippen molar-refractivity contribution in [3.8, 4) is 12.0 Å². The summed E-state index contributed by atoms with van der Waals surface area (Å²) in [5, 5.41) is 3.00. The molecule has 0 aliphatic carbocycles. The van der Waals surface area contributed by atoms with E-state index in [1.165, 1.54) is 0 Å². The Bertz CT molecular complexity index is 306. The van der Waals surface area contributed by atoms with Crippen LogP contribution in [0, 0.1) is 0 Å². The van der Waals surface area contributed by atoms with Gasteiger partial charge < -0.3 is 14.8 Å². The molecule has 0 atom stereocenters. The SMILES string of the molecule is CCNc1nc(OCC)nc(OC(C)C)n1. The Morgan fingerprint density at radius 1 is 1.12 bits per heavy atom. The van der Waals surface area contributed by atoms with Crippen LogP contribution in [0.2, 0.25) is 0 Å². The Balaban J connectivity index is 2.88. The van der Waals surface area contributed by atoms with Crippen molar-refractivity contribution in [2.24, 2.45) is 0 Å². The second-order valence-electron chi connectivity index (χ2n) is 3.35. The minimum atomic E-state index is 0.0198. The van der Waals surface area contributed by atoms with E-state index in [2.05, 4.69) is 20.3 Å². The van der Waals surface area contributed by atoms with Crippen LogP contribution in [0.25, 0.3) is 0 Å². The zero-order valence-electron chi connectivity index (χ0n) is 10.1. The first-order valence-electron chi connectivity index (χ1n) is 5.45. The Morgan fingerprint density at radius 2 is 1.81 bits per heavy atom. The highest BCUT2D eigenvalue weighted by Crippen LogP contribution is 2.13. The van der Waals surface area contributed by atoms with E-state index >= 15 is 0 Å². The molecule has 1 aromatic rings. The smallest absolute Gasteiger partial charge is 0.324 e. The average molecular weight is 226 g/mol. The van der Waals surface area contributed by atoms with Crippen LogP contribution in [0.15, 0.2) is 0 Å². The zero-order valence-corrected chi connectivity index (χ0v) is 10.1. The van der Waals surface area contributed by atoms with Gasteiger partial charge in [0.15, 0.2) is 0 Å². The van der Waals surface area contributed by atoms with E-state index in [4.69, 9.17) is 9.47 Å². The molecule has 1 N–H and O–H groups in total. The molecule has 1 aromatic heterocycles. The van der Waals surface area contributed by atoms with Crippen LogP contribution >= 0.6 is 0 Å². The lowest BCUT2D eigenvalue weighted by Crippen LogP contribution is -2.12. The average Bonchev–Trinajstić information content (AvgIpc) is 2.17. The van der Waals surface area contributed by atoms with E-state index in [0.717, 1.165) is 6.54 Å². The highest BCUT2D eigenvalue weighted by molar-refractivity contribution is 5.27. The molecule has 0 aliphatic rings. The van der Waals surface area contributed by atoms with Crippen molar-refractivity contribution in [1.29, 1.82) is 0 Å². The largest absolute Gasteiger partial charge is 0.464 e. The molecule has 0 aliphatic heterocycles. The summed E-state index contributed by atoms with van der Waals surface area (Å²) >= 11 is 0. The summed E-state index contributed by atoms with van der Waals surface area (Å²) in [5.41, 5.74) is 0. The van der Waals surface area contributed by atoms with Crippen LogP contribution in [-0.4, -0.2) is 34.2 Å². The number of rotatable bonds is 6. The Hall–Kier alpha value is -1.59. The quantitative estimate of drug-likeness (QED) is 0.792. The predicted molar refractivity (Wildman–Crippen MR) is 60.9 cm³/mol.